The second-order valence-electron chi connectivity index (χ2n) is 5.40. The van der Waals surface area contributed by atoms with Crippen LogP contribution in [0.15, 0.2) is 42.7 Å². The van der Waals surface area contributed by atoms with Crippen LogP contribution in [0.2, 0.25) is 0 Å². The van der Waals surface area contributed by atoms with E-state index in [0.29, 0.717) is 0 Å². The molecule has 1 aliphatic rings. The molecule has 0 amide bonds. The van der Waals surface area contributed by atoms with Gasteiger partial charge in [0.05, 0.1) is 0 Å². The smallest absolute Gasteiger partial charge is 0.225 e. The number of rotatable bonds is 3. The van der Waals surface area contributed by atoms with Gasteiger partial charge in [-0.05, 0) is 24.0 Å². The molecule has 0 aliphatic carbocycles. The third-order valence-corrected chi connectivity index (χ3v) is 3.68. The second kappa shape index (κ2) is 6.01. The molecule has 104 valence electrons. The maximum atomic E-state index is 6.00. The number of nitrogens with zero attached hydrogens (tertiary/aromatic N) is 3. The first-order valence-electron chi connectivity index (χ1n) is 7.16. The minimum atomic E-state index is 0.247. The molecule has 2 aromatic rings. The summed E-state index contributed by atoms with van der Waals surface area (Å²) < 4.78 is 0. The molecule has 1 atom stereocenters. The third-order valence-electron chi connectivity index (χ3n) is 3.68. The van der Waals surface area contributed by atoms with E-state index in [0.717, 1.165) is 43.9 Å². The van der Waals surface area contributed by atoms with E-state index in [9.17, 15) is 0 Å². The molecule has 1 unspecified atom stereocenters. The van der Waals surface area contributed by atoms with Gasteiger partial charge in [-0.25, -0.2) is 9.97 Å². The lowest BCUT2D eigenvalue weighted by molar-refractivity contribution is 0.499. The molecule has 1 fully saturated rings. The second-order valence-corrected chi connectivity index (χ2v) is 5.40. The molecule has 1 aromatic carbocycles. The number of hydrogen-bond acceptors (Lipinski definition) is 4. The van der Waals surface area contributed by atoms with Crippen molar-refractivity contribution in [3.63, 3.8) is 0 Å². The van der Waals surface area contributed by atoms with E-state index in [1.54, 1.807) is 0 Å². The SMILES string of the molecule is NC1CCCN(c2ncc(Cc3ccccc3)cn2)C1. The van der Waals surface area contributed by atoms with Gasteiger partial charge >= 0.3 is 0 Å². The number of benzene rings is 1. The summed E-state index contributed by atoms with van der Waals surface area (Å²) in [6.45, 7) is 1.86. The topological polar surface area (TPSA) is 55.0 Å². The van der Waals surface area contributed by atoms with Gasteiger partial charge in [0.25, 0.3) is 0 Å². The van der Waals surface area contributed by atoms with Gasteiger partial charge in [0.15, 0.2) is 0 Å². The highest BCUT2D eigenvalue weighted by Gasteiger charge is 2.18. The first kappa shape index (κ1) is 13.1. The van der Waals surface area contributed by atoms with Crippen LogP contribution in [0.5, 0.6) is 0 Å². The number of nitrogens with two attached hydrogens (primary N) is 1. The molecular formula is C16H20N4. The Morgan fingerprint density at radius 1 is 1.10 bits per heavy atom. The number of hydrogen-bond donors (Lipinski definition) is 1. The molecule has 4 nitrogen and oxygen atoms in total. The standard InChI is InChI=1S/C16H20N4/c17-15-7-4-8-20(12-15)16-18-10-14(11-19-16)9-13-5-2-1-3-6-13/h1-3,5-6,10-11,15H,4,7-9,12,17H2. The lowest BCUT2D eigenvalue weighted by Gasteiger charge is -2.30. The quantitative estimate of drug-likeness (QED) is 0.925. The summed E-state index contributed by atoms with van der Waals surface area (Å²) in [6, 6.07) is 10.6. The molecule has 1 saturated heterocycles. The summed E-state index contributed by atoms with van der Waals surface area (Å²) in [5, 5.41) is 0. The first-order chi connectivity index (χ1) is 9.81. The Morgan fingerprint density at radius 2 is 1.85 bits per heavy atom. The van der Waals surface area contributed by atoms with E-state index >= 15 is 0 Å². The van der Waals surface area contributed by atoms with Crippen molar-refractivity contribution in [1.82, 2.24) is 9.97 Å². The highest BCUT2D eigenvalue weighted by molar-refractivity contribution is 5.32. The van der Waals surface area contributed by atoms with Gasteiger partial charge in [-0.15, -0.1) is 0 Å². The van der Waals surface area contributed by atoms with Crippen molar-refractivity contribution < 1.29 is 0 Å². The molecule has 0 bridgehead atoms. The van der Waals surface area contributed by atoms with Crippen LogP contribution in [0.3, 0.4) is 0 Å². The van der Waals surface area contributed by atoms with E-state index < -0.39 is 0 Å². The van der Waals surface area contributed by atoms with Crippen molar-refractivity contribution in [3.8, 4) is 0 Å². The summed E-state index contributed by atoms with van der Waals surface area (Å²) in [5.74, 6) is 0.803. The Kier molecular flexibility index (Phi) is 3.92. The summed E-state index contributed by atoms with van der Waals surface area (Å²) in [6.07, 6.45) is 6.95. The van der Waals surface area contributed by atoms with Crippen molar-refractivity contribution in [2.45, 2.75) is 25.3 Å². The van der Waals surface area contributed by atoms with Crippen molar-refractivity contribution in [2.75, 3.05) is 18.0 Å². The van der Waals surface area contributed by atoms with Crippen molar-refractivity contribution >= 4 is 5.95 Å². The summed E-state index contributed by atoms with van der Waals surface area (Å²) in [4.78, 5) is 11.2. The zero-order chi connectivity index (χ0) is 13.8. The van der Waals surface area contributed by atoms with Gasteiger partial charge in [-0.2, -0.15) is 0 Å². The predicted molar refractivity (Wildman–Crippen MR) is 80.7 cm³/mol. The van der Waals surface area contributed by atoms with E-state index in [2.05, 4.69) is 39.1 Å². The maximum Gasteiger partial charge on any atom is 0.225 e. The predicted octanol–water partition coefficient (Wildman–Crippen LogP) is 1.99. The van der Waals surface area contributed by atoms with Crippen LogP contribution >= 0.6 is 0 Å². The molecule has 1 aliphatic heterocycles. The molecule has 2 N–H and O–H groups in total. The Labute approximate surface area is 119 Å². The molecular weight excluding hydrogens is 248 g/mol. The minimum Gasteiger partial charge on any atom is -0.339 e. The van der Waals surface area contributed by atoms with Crippen LogP contribution < -0.4 is 10.6 Å². The van der Waals surface area contributed by atoms with Gasteiger partial charge in [0.1, 0.15) is 0 Å². The van der Waals surface area contributed by atoms with Gasteiger partial charge in [0, 0.05) is 37.9 Å². The molecule has 3 rings (SSSR count). The van der Waals surface area contributed by atoms with Gasteiger partial charge < -0.3 is 10.6 Å². The fourth-order valence-corrected chi connectivity index (χ4v) is 2.63. The third kappa shape index (κ3) is 3.14. The summed E-state index contributed by atoms with van der Waals surface area (Å²) >= 11 is 0. The minimum absolute atomic E-state index is 0.247. The average molecular weight is 268 g/mol. The largest absolute Gasteiger partial charge is 0.339 e. The molecule has 20 heavy (non-hydrogen) atoms. The monoisotopic (exact) mass is 268 g/mol. The molecule has 0 saturated carbocycles. The van der Waals surface area contributed by atoms with Gasteiger partial charge in [-0.1, -0.05) is 30.3 Å². The number of piperidine rings is 1. The van der Waals surface area contributed by atoms with Crippen LogP contribution in [0, 0.1) is 0 Å². The summed E-state index contributed by atoms with van der Waals surface area (Å²) in [5.41, 5.74) is 8.42. The van der Waals surface area contributed by atoms with E-state index in [-0.39, 0.29) is 6.04 Å². The first-order valence-corrected chi connectivity index (χ1v) is 7.16. The van der Waals surface area contributed by atoms with Crippen LogP contribution in [-0.4, -0.2) is 29.1 Å². The average Bonchev–Trinajstić information content (AvgIpc) is 2.49. The zero-order valence-corrected chi connectivity index (χ0v) is 11.6. The Balaban J connectivity index is 1.68. The Hall–Kier alpha value is -1.94. The normalized spacial score (nSPS) is 19.1. The molecule has 1 aromatic heterocycles. The Morgan fingerprint density at radius 3 is 2.55 bits per heavy atom. The fourth-order valence-electron chi connectivity index (χ4n) is 2.63. The van der Waals surface area contributed by atoms with E-state index in [1.807, 2.05) is 18.5 Å². The fraction of sp³-hybridized carbons (Fsp3) is 0.375. The highest BCUT2D eigenvalue weighted by atomic mass is 15.3. The van der Waals surface area contributed by atoms with E-state index in [1.165, 1.54) is 5.56 Å². The van der Waals surface area contributed by atoms with Crippen LogP contribution in [-0.2, 0) is 6.42 Å². The summed E-state index contributed by atoms with van der Waals surface area (Å²) in [7, 11) is 0. The number of aromatic nitrogens is 2. The van der Waals surface area contributed by atoms with Crippen molar-refractivity contribution in [2.24, 2.45) is 5.73 Å². The highest BCUT2D eigenvalue weighted by Crippen LogP contribution is 2.15. The lowest BCUT2D eigenvalue weighted by atomic mass is 10.1. The number of anilines is 1. The lowest BCUT2D eigenvalue weighted by Crippen LogP contribution is -2.43. The molecule has 4 heteroatoms. The van der Waals surface area contributed by atoms with Crippen molar-refractivity contribution in [1.29, 1.82) is 0 Å². The maximum absolute atomic E-state index is 6.00. The van der Waals surface area contributed by atoms with Crippen LogP contribution in [0.1, 0.15) is 24.0 Å². The zero-order valence-electron chi connectivity index (χ0n) is 11.6. The van der Waals surface area contributed by atoms with Gasteiger partial charge in [-0.3, -0.25) is 0 Å². The van der Waals surface area contributed by atoms with Crippen LogP contribution in [0.25, 0.3) is 0 Å². The molecule has 0 spiro atoms. The molecule has 0 radical (unpaired) electrons. The van der Waals surface area contributed by atoms with Gasteiger partial charge in [0.2, 0.25) is 5.95 Å². The van der Waals surface area contributed by atoms with Crippen molar-refractivity contribution in [3.05, 3.63) is 53.9 Å². The Bertz CT molecular complexity index is 538. The molecule has 2 heterocycles. The van der Waals surface area contributed by atoms with E-state index in [4.69, 9.17) is 5.73 Å². The van der Waals surface area contributed by atoms with Crippen LogP contribution in [0.4, 0.5) is 5.95 Å².